The molecule has 2 heterocycles. The zero-order valence-corrected chi connectivity index (χ0v) is 16.0. The van der Waals surface area contributed by atoms with Gasteiger partial charge in [-0.15, -0.1) is 11.3 Å². The molecule has 0 amide bonds. The van der Waals surface area contributed by atoms with Crippen LogP contribution in [-0.4, -0.2) is 52.4 Å². The highest BCUT2D eigenvalue weighted by Crippen LogP contribution is 2.32. The van der Waals surface area contributed by atoms with E-state index in [0.717, 1.165) is 28.3 Å². The minimum Gasteiger partial charge on any atom is -0.510 e. The van der Waals surface area contributed by atoms with Gasteiger partial charge in [-0.05, 0) is 24.7 Å². The summed E-state index contributed by atoms with van der Waals surface area (Å²) >= 11 is 1.52. The maximum atomic E-state index is 10.5. The third-order valence-corrected chi connectivity index (χ3v) is 5.79. The molecule has 0 fully saturated rings. The second kappa shape index (κ2) is 7.50. The molecule has 4 rings (SSSR count). The number of rotatable bonds is 6. The quantitative estimate of drug-likeness (QED) is 0.681. The van der Waals surface area contributed by atoms with E-state index in [0.29, 0.717) is 24.5 Å². The summed E-state index contributed by atoms with van der Waals surface area (Å²) in [7, 11) is 2.08. The van der Waals surface area contributed by atoms with Crippen LogP contribution in [0.3, 0.4) is 0 Å². The second-order valence-corrected chi connectivity index (χ2v) is 7.83. The molecule has 6 heteroatoms. The lowest BCUT2D eigenvalue weighted by atomic mass is 10.2. The Morgan fingerprint density at radius 2 is 1.89 bits per heavy atom. The Hall–Kier alpha value is -2.70. The Balaban J connectivity index is 1.41. The Morgan fingerprint density at radius 3 is 2.67 bits per heavy atom. The summed E-state index contributed by atoms with van der Waals surface area (Å²) in [5.41, 5.74) is 2.75. The van der Waals surface area contributed by atoms with E-state index >= 15 is 0 Å². The van der Waals surface area contributed by atoms with Crippen molar-refractivity contribution in [3.8, 4) is 0 Å². The topological polar surface area (TPSA) is 63.5 Å². The first-order valence-electron chi connectivity index (χ1n) is 8.96. The summed E-state index contributed by atoms with van der Waals surface area (Å²) in [4.78, 5) is 8.75. The summed E-state index contributed by atoms with van der Waals surface area (Å²) in [6.45, 7) is 2.76. The van der Waals surface area contributed by atoms with E-state index in [1.54, 1.807) is 0 Å². The highest BCUT2D eigenvalue weighted by atomic mass is 32.1. The van der Waals surface area contributed by atoms with Crippen molar-refractivity contribution >= 4 is 33.0 Å². The number of benzene rings is 2. The standard InChI is InChI=1S/C21H22N4OS/c1-24(13-15-7-3-2-4-8-15)11-12-25-14-17(26)19(20(25)22)21-23-16-9-5-6-10-18(16)27-21/h2-10,22,26H,11-14H2,1H3. The second-order valence-electron chi connectivity index (χ2n) is 6.80. The van der Waals surface area contributed by atoms with E-state index in [-0.39, 0.29) is 5.76 Å². The van der Waals surface area contributed by atoms with Crippen molar-refractivity contribution < 1.29 is 5.11 Å². The zero-order valence-electron chi connectivity index (χ0n) is 15.2. The molecule has 27 heavy (non-hydrogen) atoms. The number of nitrogens with zero attached hydrogens (tertiary/aromatic N) is 3. The molecular formula is C21H22N4OS. The molecule has 0 atom stereocenters. The molecule has 0 saturated heterocycles. The van der Waals surface area contributed by atoms with Crippen molar-refractivity contribution in [3.05, 3.63) is 70.9 Å². The third-order valence-electron chi connectivity index (χ3n) is 4.74. The van der Waals surface area contributed by atoms with Gasteiger partial charge in [-0.1, -0.05) is 42.5 Å². The first kappa shape index (κ1) is 17.7. The number of fused-ring (bicyclic) bond motifs is 1. The third kappa shape index (κ3) is 3.72. The summed E-state index contributed by atoms with van der Waals surface area (Å²) in [6, 6.07) is 18.3. The predicted molar refractivity (Wildman–Crippen MR) is 111 cm³/mol. The number of thiazole rings is 1. The number of aliphatic hydroxyl groups is 1. The summed E-state index contributed by atoms with van der Waals surface area (Å²) in [5.74, 6) is 0.601. The van der Waals surface area contributed by atoms with Gasteiger partial charge in [0.25, 0.3) is 0 Å². The van der Waals surface area contributed by atoms with Crippen molar-refractivity contribution in [2.45, 2.75) is 6.54 Å². The zero-order chi connectivity index (χ0) is 18.8. The van der Waals surface area contributed by atoms with Crippen molar-refractivity contribution in [2.75, 3.05) is 26.7 Å². The van der Waals surface area contributed by atoms with Gasteiger partial charge in [0.05, 0.1) is 22.3 Å². The van der Waals surface area contributed by atoms with Gasteiger partial charge in [0.1, 0.15) is 16.6 Å². The highest BCUT2D eigenvalue weighted by molar-refractivity contribution is 7.19. The molecule has 5 nitrogen and oxygen atoms in total. The molecule has 0 saturated carbocycles. The van der Waals surface area contributed by atoms with E-state index in [9.17, 15) is 5.11 Å². The minimum atomic E-state index is 0.241. The molecule has 1 aliphatic heterocycles. The first-order valence-corrected chi connectivity index (χ1v) is 9.78. The van der Waals surface area contributed by atoms with Crippen LogP contribution in [0, 0.1) is 5.41 Å². The number of hydrogen-bond donors (Lipinski definition) is 2. The molecule has 1 aliphatic rings. The van der Waals surface area contributed by atoms with Gasteiger partial charge < -0.3 is 14.9 Å². The normalized spacial score (nSPS) is 14.7. The van der Waals surface area contributed by atoms with Crippen molar-refractivity contribution in [1.29, 1.82) is 5.41 Å². The van der Waals surface area contributed by atoms with Gasteiger partial charge in [-0.3, -0.25) is 5.41 Å². The fourth-order valence-corrected chi connectivity index (χ4v) is 4.33. The van der Waals surface area contributed by atoms with Gasteiger partial charge in [0.2, 0.25) is 0 Å². The van der Waals surface area contributed by atoms with Gasteiger partial charge in [0, 0.05) is 19.6 Å². The lowest BCUT2D eigenvalue weighted by Crippen LogP contribution is -2.34. The number of likely N-dealkylation sites (N-methyl/N-ethyl adjacent to an activating group) is 1. The molecule has 2 aromatic carbocycles. The SMILES string of the molecule is CN(CCN1CC(O)=C(c2nc3ccccc3s2)C1=N)Cc1ccccc1. The molecule has 2 N–H and O–H groups in total. The van der Waals surface area contributed by atoms with E-state index < -0.39 is 0 Å². The van der Waals surface area contributed by atoms with Gasteiger partial charge in [0.15, 0.2) is 0 Å². The lowest BCUT2D eigenvalue weighted by Gasteiger charge is -2.23. The van der Waals surface area contributed by atoms with Crippen molar-refractivity contribution in [1.82, 2.24) is 14.8 Å². The van der Waals surface area contributed by atoms with Crippen LogP contribution in [0.1, 0.15) is 10.6 Å². The predicted octanol–water partition coefficient (Wildman–Crippen LogP) is 3.99. The molecule has 0 unspecified atom stereocenters. The first-order chi connectivity index (χ1) is 13.1. The molecule has 138 valence electrons. The number of hydrogen-bond acceptors (Lipinski definition) is 5. The van der Waals surface area contributed by atoms with Crippen LogP contribution in [0.5, 0.6) is 0 Å². The fraction of sp³-hybridized carbons (Fsp3) is 0.238. The number of para-hydroxylation sites is 1. The van der Waals surface area contributed by atoms with E-state index in [2.05, 4.69) is 29.1 Å². The van der Waals surface area contributed by atoms with Gasteiger partial charge in [-0.2, -0.15) is 0 Å². The van der Waals surface area contributed by atoms with Crippen LogP contribution >= 0.6 is 11.3 Å². The Labute approximate surface area is 162 Å². The summed E-state index contributed by atoms with van der Waals surface area (Å²) < 4.78 is 1.07. The van der Waals surface area contributed by atoms with Crippen LogP contribution < -0.4 is 0 Å². The maximum Gasteiger partial charge on any atom is 0.135 e. The van der Waals surface area contributed by atoms with E-state index in [4.69, 9.17) is 5.41 Å². The molecular weight excluding hydrogens is 356 g/mol. The van der Waals surface area contributed by atoms with Gasteiger partial charge in [-0.25, -0.2) is 4.98 Å². The average Bonchev–Trinajstić information content (AvgIpc) is 3.20. The maximum absolute atomic E-state index is 10.5. The molecule has 0 spiro atoms. The van der Waals surface area contributed by atoms with Gasteiger partial charge >= 0.3 is 0 Å². The Kier molecular flexibility index (Phi) is 4.92. The lowest BCUT2D eigenvalue weighted by molar-refractivity contribution is 0.278. The molecule has 0 bridgehead atoms. The summed E-state index contributed by atoms with van der Waals surface area (Å²) in [5, 5.41) is 19.7. The van der Waals surface area contributed by atoms with Crippen LogP contribution in [-0.2, 0) is 6.54 Å². The van der Waals surface area contributed by atoms with Crippen LogP contribution in [0.15, 0.2) is 60.4 Å². The van der Waals surface area contributed by atoms with E-state index in [1.807, 2.05) is 47.4 Å². The Morgan fingerprint density at radius 1 is 1.15 bits per heavy atom. The molecule has 1 aromatic heterocycles. The molecule has 3 aromatic rings. The Bertz CT molecular complexity index is 963. The number of aliphatic hydroxyl groups excluding tert-OH is 1. The minimum absolute atomic E-state index is 0.241. The van der Waals surface area contributed by atoms with Crippen LogP contribution in [0.4, 0.5) is 0 Å². The molecule has 0 radical (unpaired) electrons. The number of nitrogens with one attached hydrogen (secondary N) is 1. The largest absolute Gasteiger partial charge is 0.510 e. The number of amidine groups is 1. The molecule has 0 aliphatic carbocycles. The fourth-order valence-electron chi connectivity index (χ4n) is 3.29. The average molecular weight is 379 g/mol. The van der Waals surface area contributed by atoms with Crippen LogP contribution in [0.2, 0.25) is 0 Å². The van der Waals surface area contributed by atoms with E-state index in [1.165, 1.54) is 16.9 Å². The highest BCUT2D eigenvalue weighted by Gasteiger charge is 2.30. The number of aromatic nitrogens is 1. The van der Waals surface area contributed by atoms with Crippen LogP contribution in [0.25, 0.3) is 15.8 Å². The summed E-state index contributed by atoms with van der Waals surface area (Å²) in [6.07, 6.45) is 0. The van der Waals surface area contributed by atoms with Crippen molar-refractivity contribution in [3.63, 3.8) is 0 Å². The smallest absolute Gasteiger partial charge is 0.135 e. The monoisotopic (exact) mass is 378 g/mol. The van der Waals surface area contributed by atoms with Crippen molar-refractivity contribution in [2.24, 2.45) is 0 Å².